The first kappa shape index (κ1) is 9.39. The zero-order valence-corrected chi connectivity index (χ0v) is 6.00. The molecule has 4 nitrogen and oxygen atoms in total. The molecule has 0 saturated heterocycles. The van der Waals surface area contributed by atoms with E-state index in [-0.39, 0.29) is 6.61 Å². The van der Waals surface area contributed by atoms with Crippen LogP contribution in [0, 0.1) is 0 Å². The maximum Gasteiger partial charge on any atom is 0.320 e. The summed E-state index contributed by atoms with van der Waals surface area (Å²) in [6.07, 6.45) is 1.00. The monoisotopic (exact) mass is 147 g/mol. The van der Waals surface area contributed by atoms with Gasteiger partial charge in [-0.3, -0.25) is 4.79 Å². The predicted molar refractivity (Wildman–Crippen MR) is 36.8 cm³/mol. The molecule has 0 bridgehead atoms. The van der Waals surface area contributed by atoms with E-state index in [1.165, 1.54) is 0 Å². The molecule has 0 rings (SSSR count). The van der Waals surface area contributed by atoms with Gasteiger partial charge in [0.2, 0.25) is 0 Å². The molecule has 60 valence electrons. The van der Waals surface area contributed by atoms with E-state index in [2.05, 4.69) is 5.32 Å². The Bertz CT molecular complexity index is 105. The maximum absolute atomic E-state index is 10.3. The normalized spacial score (nSPS) is 13.0. The van der Waals surface area contributed by atoms with Gasteiger partial charge in [0.1, 0.15) is 6.04 Å². The van der Waals surface area contributed by atoms with E-state index in [0.717, 1.165) is 0 Å². The number of aliphatic hydroxyl groups is 1. The molecular formula is C6H13NO3. The van der Waals surface area contributed by atoms with Gasteiger partial charge >= 0.3 is 5.97 Å². The topological polar surface area (TPSA) is 69.6 Å². The van der Waals surface area contributed by atoms with Gasteiger partial charge in [0.25, 0.3) is 0 Å². The molecule has 0 saturated carbocycles. The molecule has 4 heteroatoms. The van der Waals surface area contributed by atoms with Crippen molar-refractivity contribution in [3.05, 3.63) is 0 Å². The first-order valence-corrected chi connectivity index (χ1v) is 3.23. The lowest BCUT2D eigenvalue weighted by atomic mass is 10.2. The molecule has 0 fully saturated rings. The standard InChI is InChI=1S/C6H13NO3/c1-7-5(6(9)10)3-2-4-8/h5,7-8H,2-4H2,1H3,(H,9,10)/t5-/m0/s1. The Morgan fingerprint density at radius 2 is 2.30 bits per heavy atom. The summed E-state index contributed by atoms with van der Waals surface area (Å²) in [5, 5.41) is 19.5. The van der Waals surface area contributed by atoms with Crippen molar-refractivity contribution in [2.24, 2.45) is 0 Å². The second-order valence-electron chi connectivity index (χ2n) is 2.05. The van der Waals surface area contributed by atoms with Crippen LogP contribution in [-0.2, 0) is 4.79 Å². The molecule has 0 aliphatic rings. The van der Waals surface area contributed by atoms with Crippen LogP contribution >= 0.6 is 0 Å². The Labute approximate surface area is 59.9 Å². The minimum atomic E-state index is -0.865. The summed E-state index contributed by atoms with van der Waals surface area (Å²) < 4.78 is 0. The van der Waals surface area contributed by atoms with Crippen molar-refractivity contribution in [1.82, 2.24) is 5.32 Å². The summed E-state index contributed by atoms with van der Waals surface area (Å²) in [7, 11) is 1.59. The molecule has 1 atom stereocenters. The van der Waals surface area contributed by atoms with E-state index in [0.29, 0.717) is 12.8 Å². The number of hydrogen-bond acceptors (Lipinski definition) is 3. The second-order valence-corrected chi connectivity index (χ2v) is 2.05. The summed E-state index contributed by atoms with van der Waals surface area (Å²) in [6.45, 7) is 0.0471. The smallest absolute Gasteiger partial charge is 0.320 e. The maximum atomic E-state index is 10.3. The number of carboxylic acids is 1. The van der Waals surface area contributed by atoms with Crippen molar-refractivity contribution in [3.63, 3.8) is 0 Å². The summed E-state index contributed by atoms with van der Waals surface area (Å²) in [5.41, 5.74) is 0. The third-order valence-corrected chi connectivity index (χ3v) is 1.30. The first-order chi connectivity index (χ1) is 4.72. The molecule has 0 spiro atoms. The fraction of sp³-hybridized carbons (Fsp3) is 0.833. The Hall–Kier alpha value is -0.610. The zero-order valence-electron chi connectivity index (χ0n) is 6.00. The summed E-state index contributed by atoms with van der Waals surface area (Å²) in [4.78, 5) is 10.3. The highest BCUT2D eigenvalue weighted by atomic mass is 16.4. The Morgan fingerprint density at radius 3 is 2.60 bits per heavy atom. The lowest BCUT2D eigenvalue weighted by Crippen LogP contribution is -2.33. The lowest BCUT2D eigenvalue weighted by Gasteiger charge is -2.08. The molecule has 0 aromatic rings. The second kappa shape index (κ2) is 5.20. The zero-order chi connectivity index (χ0) is 7.98. The summed E-state index contributed by atoms with van der Waals surface area (Å²) in [5.74, 6) is -0.865. The van der Waals surface area contributed by atoms with Crippen LogP contribution in [-0.4, -0.2) is 35.9 Å². The van der Waals surface area contributed by atoms with Gasteiger partial charge in [-0.2, -0.15) is 0 Å². The van der Waals surface area contributed by atoms with E-state index < -0.39 is 12.0 Å². The molecule has 0 unspecified atom stereocenters. The number of carboxylic acid groups (broad SMARTS) is 1. The molecule has 0 aromatic heterocycles. The Morgan fingerprint density at radius 1 is 1.70 bits per heavy atom. The number of aliphatic carboxylic acids is 1. The first-order valence-electron chi connectivity index (χ1n) is 3.23. The van der Waals surface area contributed by atoms with Gasteiger partial charge in [-0.1, -0.05) is 0 Å². The van der Waals surface area contributed by atoms with E-state index in [9.17, 15) is 4.79 Å². The Kier molecular flexibility index (Phi) is 4.88. The van der Waals surface area contributed by atoms with E-state index in [1.807, 2.05) is 0 Å². The molecule has 10 heavy (non-hydrogen) atoms. The van der Waals surface area contributed by atoms with Crippen LogP contribution in [0.5, 0.6) is 0 Å². The van der Waals surface area contributed by atoms with Crippen LogP contribution in [0.1, 0.15) is 12.8 Å². The van der Waals surface area contributed by atoms with Crippen LogP contribution < -0.4 is 5.32 Å². The van der Waals surface area contributed by atoms with Gasteiger partial charge in [-0.05, 0) is 19.9 Å². The average molecular weight is 147 g/mol. The molecule has 0 amide bonds. The van der Waals surface area contributed by atoms with Crippen LogP contribution in [0.15, 0.2) is 0 Å². The highest BCUT2D eigenvalue weighted by molar-refractivity contribution is 5.73. The van der Waals surface area contributed by atoms with Gasteiger partial charge in [-0.25, -0.2) is 0 Å². The number of nitrogens with one attached hydrogen (secondary N) is 1. The molecule has 0 aliphatic carbocycles. The van der Waals surface area contributed by atoms with E-state index in [4.69, 9.17) is 10.2 Å². The van der Waals surface area contributed by atoms with Crippen molar-refractivity contribution in [2.45, 2.75) is 18.9 Å². The SMILES string of the molecule is CN[C@@H](CCCO)C(=O)O. The largest absolute Gasteiger partial charge is 0.480 e. The van der Waals surface area contributed by atoms with Crippen LogP contribution in [0.25, 0.3) is 0 Å². The Balaban J connectivity index is 3.50. The van der Waals surface area contributed by atoms with Crippen molar-refractivity contribution >= 4 is 5.97 Å². The van der Waals surface area contributed by atoms with Crippen LogP contribution in [0.3, 0.4) is 0 Å². The molecule has 0 aromatic carbocycles. The summed E-state index contributed by atoms with van der Waals surface area (Å²) in [6, 6.07) is -0.521. The number of aliphatic hydroxyl groups excluding tert-OH is 1. The molecule has 3 N–H and O–H groups in total. The molecular weight excluding hydrogens is 134 g/mol. The fourth-order valence-corrected chi connectivity index (χ4v) is 0.687. The third kappa shape index (κ3) is 3.42. The van der Waals surface area contributed by atoms with Gasteiger partial charge in [0.15, 0.2) is 0 Å². The molecule has 0 heterocycles. The van der Waals surface area contributed by atoms with Gasteiger partial charge in [0, 0.05) is 6.61 Å². The van der Waals surface area contributed by atoms with Gasteiger partial charge in [-0.15, -0.1) is 0 Å². The van der Waals surface area contributed by atoms with Crippen molar-refractivity contribution in [3.8, 4) is 0 Å². The van der Waals surface area contributed by atoms with Crippen molar-refractivity contribution in [1.29, 1.82) is 0 Å². The highest BCUT2D eigenvalue weighted by Gasteiger charge is 2.12. The predicted octanol–water partition coefficient (Wildman–Crippen LogP) is -0.569. The van der Waals surface area contributed by atoms with Crippen molar-refractivity contribution < 1.29 is 15.0 Å². The lowest BCUT2D eigenvalue weighted by molar-refractivity contribution is -0.139. The summed E-state index contributed by atoms with van der Waals surface area (Å²) >= 11 is 0. The fourth-order valence-electron chi connectivity index (χ4n) is 0.687. The third-order valence-electron chi connectivity index (χ3n) is 1.30. The minimum Gasteiger partial charge on any atom is -0.480 e. The number of rotatable bonds is 5. The molecule has 0 radical (unpaired) electrons. The quantitative estimate of drug-likeness (QED) is 0.487. The van der Waals surface area contributed by atoms with E-state index in [1.54, 1.807) is 7.05 Å². The number of carbonyl (C=O) groups is 1. The average Bonchev–Trinajstić information content (AvgIpc) is 1.89. The van der Waals surface area contributed by atoms with Crippen molar-refractivity contribution in [2.75, 3.05) is 13.7 Å². The van der Waals surface area contributed by atoms with Crippen LogP contribution in [0.2, 0.25) is 0 Å². The highest BCUT2D eigenvalue weighted by Crippen LogP contribution is 1.94. The van der Waals surface area contributed by atoms with Gasteiger partial charge < -0.3 is 15.5 Å². The van der Waals surface area contributed by atoms with Crippen LogP contribution in [0.4, 0.5) is 0 Å². The van der Waals surface area contributed by atoms with E-state index >= 15 is 0 Å². The molecule has 0 aliphatic heterocycles. The van der Waals surface area contributed by atoms with Gasteiger partial charge in [0.05, 0.1) is 0 Å². The number of likely N-dealkylation sites (N-methyl/N-ethyl adjacent to an activating group) is 1. The number of hydrogen-bond donors (Lipinski definition) is 3. The minimum absolute atomic E-state index is 0.0471.